The van der Waals surface area contributed by atoms with Gasteiger partial charge in [-0.1, -0.05) is 36.8 Å². The minimum atomic E-state index is -3.16. The molecule has 1 aliphatic rings. The topological polar surface area (TPSA) is 49.4 Å². The van der Waals surface area contributed by atoms with E-state index in [4.69, 9.17) is 0 Å². The normalized spacial score (nSPS) is 19.8. The summed E-state index contributed by atoms with van der Waals surface area (Å²) in [6.07, 6.45) is 6.49. The first-order chi connectivity index (χ1) is 11.1. The standard InChI is InChI=1S/C18H30N2O2S/c1-17-9-5-7-14-20(17)15-8-6-13-19-23(21,22)16-12-18-10-3-2-4-11-18/h2-4,10-11,17,19H,5-9,12-16H2,1H3. The molecule has 2 rings (SSSR count). The van der Waals surface area contributed by atoms with Crippen LogP contribution in [0.1, 0.15) is 44.6 Å². The van der Waals surface area contributed by atoms with Crippen molar-refractivity contribution in [2.75, 3.05) is 25.4 Å². The van der Waals surface area contributed by atoms with Crippen molar-refractivity contribution < 1.29 is 8.42 Å². The molecule has 1 atom stereocenters. The van der Waals surface area contributed by atoms with Crippen molar-refractivity contribution in [3.8, 4) is 0 Å². The summed E-state index contributed by atoms with van der Waals surface area (Å²) in [4.78, 5) is 2.54. The van der Waals surface area contributed by atoms with Gasteiger partial charge in [0.25, 0.3) is 0 Å². The van der Waals surface area contributed by atoms with Crippen molar-refractivity contribution in [1.82, 2.24) is 9.62 Å². The van der Waals surface area contributed by atoms with Gasteiger partial charge in [-0.3, -0.25) is 0 Å². The van der Waals surface area contributed by atoms with E-state index in [2.05, 4.69) is 16.5 Å². The predicted octanol–water partition coefficient (Wildman–Crippen LogP) is 2.80. The summed E-state index contributed by atoms with van der Waals surface area (Å²) < 4.78 is 26.7. The first-order valence-electron chi connectivity index (χ1n) is 8.82. The van der Waals surface area contributed by atoms with Crippen LogP contribution in [0.2, 0.25) is 0 Å². The number of unbranched alkanes of at least 4 members (excludes halogenated alkanes) is 1. The molecule has 0 spiro atoms. The number of aryl methyl sites for hydroxylation is 1. The molecular weight excluding hydrogens is 308 g/mol. The Labute approximate surface area is 141 Å². The number of piperidine rings is 1. The fourth-order valence-corrected chi connectivity index (χ4v) is 4.23. The van der Waals surface area contributed by atoms with Crippen molar-refractivity contribution >= 4 is 10.0 Å². The molecule has 1 aliphatic heterocycles. The number of hydrogen-bond donors (Lipinski definition) is 1. The van der Waals surface area contributed by atoms with E-state index in [1.54, 1.807) is 0 Å². The molecule has 1 aromatic rings. The van der Waals surface area contributed by atoms with E-state index in [0.29, 0.717) is 19.0 Å². The first-order valence-corrected chi connectivity index (χ1v) is 10.5. The molecule has 1 saturated heterocycles. The maximum Gasteiger partial charge on any atom is 0.211 e. The van der Waals surface area contributed by atoms with E-state index in [-0.39, 0.29) is 5.75 Å². The molecule has 0 saturated carbocycles. The summed E-state index contributed by atoms with van der Waals surface area (Å²) in [5.41, 5.74) is 1.07. The number of rotatable bonds is 9. The van der Waals surface area contributed by atoms with E-state index >= 15 is 0 Å². The van der Waals surface area contributed by atoms with Gasteiger partial charge in [0.15, 0.2) is 0 Å². The minimum Gasteiger partial charge on any atom is -0.301 e. The lowest BCUT2D eigenvalue weighted by atomic mass is 10.0. The highest BCUT2D eigenvalue weighted by Crippen LogP contribution is 2.16. The largest absolute Gasteiger partial charge is 0.301 e. The summed E-state index contributed by atoms with van der Waals surface area (Å²) in [5.74, 6) is 0.167. The molecule has 0 amide bonds. The third-order valence-electron chi connectivity index (χ3n) is 4.64. The van der Waals surface area contributed by atoms with Gasteiger partial charge in [-0.05, 0) is 57.7 Å². The summed E-state index contributed by atoms with van der Waals surface area (Å²) in [5, 5.41) is 0. The van der Waals surface area contributed by atoms with Crippen LogP contribution >= 0.6 is 0 Å². The highest BCUT2D eigenvalue weighted by Gasteiger charge is 2.17. The quantitative estimate of drug-likeness (QED) is 0.705. The fourth-order valence-electron chi connectivity index (χ4n) is 3.13. The van der Waals surface area contributed by atoms with Crippen LogP contribution in [-0.4, -0.2) is 44.7 Å². The second kappa shape index (κ2) is 9.40. The summed E-state index contributed by atoms with van der Waals surface area (Å²) in [6.45, 7) is 5.14. The number of sulfonamides is 1. The highest BCUT2D eigenvalue weighted by molar-refractivity contribution is 7.89. The molecule has 1 N–H and O–H groups in total. The maximum absolute atomic E-state index is 12.0. The van der Waals surface area contributed by atoms with Crippen LogP contribution < -0.4 is 4.72 Å². The zero-order valence-electron chi connectivity index (χ0n) is 14.2. The lowest BCUT2D eigenvalue weighted by Crippen LogP contribution is -2.38. The molecule has 1 fully saturated rings. The average Bonchev–Trinajstić information content (AvgIpc) is 2.55. The fraction of sp³-hybridized carbons (Fsp3) is 0.667. The molecule has 1 unspecified atom stereocenters. The van der Waals surface area contributed by atoms with Crippen molar-refractivity contribution in [2.45, 2.75) is 51.5 Å². The van der Waals surface area contributed by atoms with E-state index in [9.17, 15) is 8.42 Å². The Balaban J connectivity index is 1.59. The van der Waals surface area contributed by atoms with Crippen molar-refractivity contribution in [2.24, 2.45) is 0 Å². The van der Waals surface area contributed by atoms with Crippen LogP contribution in [0.15, 0.2) is 30.3 Å². The number of likely N-dealkylation sites (tertiary alicyclic amines) is 1. The highest BCUT2D eigenvalue weighted by atomic mass is 32.2. The number of nitrogens with one attached hydrogen (secondary N) is 1. The Morgan fingerprint density at radius 1 is 1.17 bits per heavy atom. The lowest BCUT2D eigenvalue weighted by Gasteiger charge is -2.33. The van der Waals surface area contributed by atoms with Crippen LogP contribution in [0.25, 0.3) is 0 Å². The zero-order valence-corrected chi connectivity index (χ0v) is 15.0. The lowest BCUT2D eigenvalue weighted by molar-refractivity contribution is 0.158. The molecule has 130 valence electrons. The van der Waals surface area contributed by atoms with Gasteiger partial charge in [0.2, 0.25) is 10.0 Å². The second-order valence-corrected chi connectivity index (χ2v) is 8.46. The van der Waals surface area contributed by atoms with E-state index in [0.717, 1.165) is 24.9 Å². The number of hydrogen-bond acceptors (Lipinski definition) is 3. The molecule has 1 heterocycles. The van der Waals surface area contributed by atoms with E-state index in [1.807, 2.05) is 30.3 Å². The molecule has 0 radical (unpaired) electrons. The number of nitrogens with zero attached hydrogens (tertiary/aromatic N) is 1. The monoisotopic (exact) mass is 338 g/mol. The SMILES string of the molecule is CC1CCCCN1CCCCNS(=O)(=O)CCc1ccccc1. The maximum atomic E-state index is 12.0. The summed E-state index contributed by atoms with van der Waals surface area (Å²) in [7, 11) is -3.16. The molecule has 0 aromatic heterocycles. The average molecular weight is 339 g/mol. The van der Waals surface area contributed by atoms with Crippen LogP contribution in [0.4, 0.5) is 0 Å². The Hall–Kier alpha value is -0.910. The molecule has 1 aromatic carbocycles. The van der Waals surface area contributed by atoms with Gasteiger partial charge in [0.05, 0.1) is 5.75 Å². The molecule has 0 aliphatic carbocycles. The van der Waals surface area contributed by atoms with Gasteiger partial charge in [-0.2, -0.15) is 0 Å². The Bertz CT molecular complexity index is 545. The van der Waals surface area contributed by atoms with Crippen LogP contribution in [0, 0.1) is 0 Å². The van der Waals surface area contributed by atoms with Gasteiger partial charge in [0, 0.05) is 12.6 Å². The van der Waals surface area contributed by atoms with Crippen LogP contribution in [-0.2, 0) is 16.4 Å². The zero-order chi connectivity index (χ0) is 16.5. The van der Waals surface area contributed by atoms with Crippen LogP contribution in [0.3, 0.4) is 0 Å². The van der Waals surface area contributed by atoms with Gasteiger partial charge in [0.1, 0.15) is 0 Å². The molecule has 0 bridgehead atoms. The Kier molecular flexibility index (Phi) is 7.53. The number of benzene rings is 1. The first kappa shape index (κ1) is 18.4. The molecular formula is C18H30N2O2S. The molecule has 23 heavy (non-hydrogen) atoms. The van der Waals surface area contributed by atoms with Crippen molar-refractivity contribution in [3.05, 3.63) is 35.9 Å². The van der Waals surface area contributed by atoms with E-state index in [1.165, 1.54) is 25.8 Å². The third-order valence-corrected chi connectivity index (χ3v) is 6.02. The van der Waals surface area contributed by atoms with Gasteiger partial charge < -0.3 is 4.90 Å². The Morgan fingerprint density at radius 3 is 2.70 bits per heavy atom. The van der Waals surface area contributed by atoms with Crippen molar-refractivity contribution in [3.63, 3.8) is 0 Å². The third kappa shape index (κ3) is 7.02. The van der Waals surface area contributed by atoms with Gasteiger partial charge >= 0.3 is 0 Å². The summed E-state index contributed by atoms with van der Waals surface area (Å²) in [6, 6.07) is 10.4. The minimum absolute atomic E-state index is 0.167. The van der Waals surface area contributed by atoms with E-state index < -0.39 is 10.0 Å². The van der Waals surface area contributed by atoms with Crippen molar-refractivity contribution in [1.29, 1.82) is 0 Å². The van der Waals surface area contributed by atoms with Gasteiger partial charge in [-0.25, -0.2) is 13.1 Å². The van der Waals surface area contributed by atoms with Crippen LogP contribution in [0.5, 0.6) is 0 Å². The summed E-state index contributed by atoms with van der Waals surface area (Å²) >= 11 is 0. The smallest absolute Gasteiger partial charge is 0.211 e. The Morgan fingerprint density at radius 2 is 1.96 bits per heavy atom. The van der Waals surface area contributed by atoms with Gasteiger partial charge in [-0.15, -0.1) is 0 Å². The molecule has 5 heteroatoms. The predicted molar refractivity (Wildman–Crippen MR) is 96.1 cm³/mol. The second-order valence-electron chi connectivity index (χ2n) is 6.54. The molecule has 4 nitrogen and oxygen atoms in total.